The van der Waals surface area contributed by atoms with E-state index in [9.17, 15) is 9.90 Å². The third-order valence-electron chi connectivity index (χ3n) is 4.34. The number of amides is 1. The lowest BCUT2D eigenvalue weighted by molar-refractivity contribution is -0.122. The molecule has 1 amide bonds. The van der Waals surface area contributed by atoms with E-state index in [1.165, 1.54) is 0 Å². The number of phenols is 1. The first kappa shape index (κ1) is 18.7. The summed E-state index contributed by atoms with van der Waals surface area (Å²) in [5.41, 5.74) is 0.842. The van der Waals surface area contributed by atoms with Crippen LogP contribution in [0.5, 0.6) is 5.75 Å². The lowest BCUT2D eigenvalue weighted by Crippen LogP contribution is -2.40. The molecule has 2 N–H and O–H groups in total. The second kappa shape index (κ2) is 10.3. The smallest absolute Gasteiger partial charge is 0.234 e. The number of rotatable bonds is 10. The lowest BCUT2D eigenvalue weighted by Gasteiger charge is -2.25. The van der Waals surface area contributed by atoms with Crippen LogP contribution in [-0.2, 0) is 16.1 Å². The van der Waals surface area contributed by atoms with Crippen LogP contribution < -0.4 is 5.32 Å². The number of aromatic hydroxyl groups is 1. The van der Waals surface area contributed by atoms with Crippen LogP contribution >= 0.6 is 0 Å². The molecule has 1 aliphatic heterocycles. The average Bonchev–Trinajstić information content (AvgIpc) is 3.07. The third-order valence-corrected chi connectivity index (χ3v) is 4.34. The van der Waals surface area contributed by atoms with Gasteiger partial charge in [-0.2, -0.15) is 0 Å². The largest absolute Gasteiger partial charge is 0.508 e. The van der Waals surface area contributed by atoms with E-state index >= 15 is 0 Å². The maximum Gasteiger partial charge on any atom is 0.234 e. The molecule has 0 bridgehead atoms. The van der Waals surface area contributed by atoms with E-state index in [1.807, 2.05) is 18.2 Å². The number of phenolic OH excluding ortho intramolecular Hbond substituents is 1. The first-order chi connectivity index (χ1) is 11.7. The van der Waals surface area contributed by atoms with Crippen molar-refractivity contribution in [2.24, 2.45) is 0 Å². The molecular weight excluding hydrogens is 304 g/mol. The molecule has 0 aliphatic carbocycles. The van der Waals surface area contributed by atoms with Gasteiger partial charge in [0.1, 0.15) is 5.75 Å². The number of nitrogens with zero attached hydrogens (tertiary/aromatic N) is 1. The minimum absolute atomic E-state index is 0.0412. The van der Waals surface area contributed by atoms with E-state index in [4.69, 9.17) is 4.74 Å². The molecule has 134 valence electrons. The van der Waals surface area contributed by atoms with E-state index in [1.54, 1.807) is 6.07 Å². The fourth-order valence-electron chi connectivity index (χ4n) is 3.01. The van der Waals surface area contributed by atoms with Crippen LogP contribution in [0.1, 0.15) is 44.6 Å². The highest BCUT2D eigenvalue weighted by atomic mass is 16.5. The summed E-state index contributed by atoms with van der Waals surface area (Å²) in [6.07, 6.45) is 5.61. The van der Waals surface area contributed by atoms with Gasteiger partial charge in [-0.3, -0.25) is 9.69 Å². The van der Waals surface area contributed by atoms with Crippen molar-refractivity contribution in [3.05, 3.63) is 29.8 Å². The van der Waals surface area contributed by atoms with Crippen LogP contribution in [0.2, 0.25) is 0 Å². The van der Waals surface area contributed by atoms with Crippen molar-refractivity contribution in [3.63, 3.8) is 0 Å². The fourth-order valence-corrected chi connectivity index (χ4v) is 3.01. The van der Waals surface area contributed by atoms with Crippen molar-refractivity contribution in [1.29, 1.82) is 0 Å². The summed E-state index contributed by atoms with van der Waals surface area (Å²) in [7, 11) is 0. The Labute approximate surface area is 145 Å². The van der Waals surface area contributed by atoms with Gasteiger partial charge in [-0.1, -0.05) is 38.0 Å². The maximum atomic E-state index is 12.2. The predicted octanol–water partition coefficient (Wildman–Crippen LogP) is 2.68. The number of carbonyl (C=O) groups is 1. The van der Waals surface area contributed by atoms with Crippen molar-refractivity contribution < 1.29 is 14.6 Å². The van der Waals surface area contributed by atoms with Gasteiger partial charge in [0.15, 0.2) is 0 Å². The summed E-state index contributed by atoms with van der Waals surface area (Å²) in [6.45, 7) is 5.29. The molecule has 1 aromatic rings. The number of hydrogen-bond donors (Lipinski definition) is 2. The highest BCUT2D eigenvalue weighted by Gasteiger charge is 2.21. The summed E-state index contributed by atoms with van der Waals surface area (Å²) >= 11 is 0. The molecule has 1 fully saturated rings. The highest BCUT2D eigenvalue weighted by molar-refractivity contribution is 5.78. The molecule has 5 nitrogen and oxygen atoms in total. The molecular formula is C19H30N2O3. The summed E-state index contributed by atoms with van der Waals surface area (Å²) in [5.74, 6) is 0.317. The summed E-state index contributed by atoms with van der Waals surface area (Å²) < 4.78 is 5.71. The Balaban J connectivity index is 1.89. The zero-order valence-electron chi connectivity index (χ0n) is 14.7. The van der Waals surface area contributed by atoms with Gasteiger partial charge in [0.25, 0.3) is 0 Å². The number of nitrogens with one attached hydrogen (secondary N) is 1. The molecule has 0 saturated carbocycles. The van der Waals surface area contributed by atoms with E-state index in [0.717, 1.165) is 57.4 Å². The first-order valence-corrected chi connectivity index (χ1v) is 9.06. The number of para-hydroxylation sites is 1. The van der Waals surface area contributed by atoms with Crippen LogP contribution in [-0.4, -0.2) is 48.3 Å². The Morgan fingerprint density at radius 2 is 2.21 bits per heavy atom. The third kappa shape index (κ3) is 6.49. The quantitative estimate of drug-likeness (QED) is 0.646. The van der Waals surface area contributed by atoms with Crippen molar-refractivity contribution in [2.75, 3.05) is 26.2 Å². The van der Waals surface area contributed by atoms with Crippen LogP contribution in [0, 0.1) is 0 Å². The van der Waals surface area contributed by atoms with Gasteiger partial charge in [-0.05, 0) is 25.3 Å². The molecule has 1 heterocycles. The molecule has 0 radical (unpaired) electrons. The molecule has 0 spiro atoms. The minimum atomic E-state index is 0.0412. The second-order valence-electron chi connectivity index (χ2n) is 6.49. The Morgan fingerprint density at radius 3 is 2.92 bits per heavy atom. The Bertz CT molecular complexity index is 501. The maximum absolute atomic E-state index is 12.2. The normalized spacial score (nSPS) is 17.3. The van der Waals surface area contributed by atoms with Crippen LogP contribution in [0.25, 0.3) is 0 Å². The Hall–Kier alpha value is -1.59. The minimum Gasteiger partial charge on any atom is -0.508 e. The number of ether oxygens (including phenoxy) is 1. The van der Waals surface area contributed by atoms with E-state index in [0.29, 0.717) is 13.1 Å². The zero-order valence-corrected chi connectivity index (χ0v) is 14.7. The molecule has 0 aromatic heterocycles. The summed E-state index contributed by atoms with van der Waals surface area (Å²) in [6, 6.07) is 7.30. The van der Waals surface area contributed by atoms with Gasteiger partial charge < -0.3 is 15.2 Å². The molecule has 1 aliphatic rings. The molecule has 1 aromatic carbocycles. The van der Waals surface area contributed by atoms with Crippen LogP contribution in [0.15, 0.2) is 24.3 Å². The van der Waals surface area contributed by atoms with E-state index in [-0.39, 0.29) is 17.8 Å². The number of unbranched alkanes of at least 4 members (excludes halogenated alkanes) is 2. The van der Waals surface area contributed by atoms with E-state index < -0.39 is 0 Å². The van der Waals surface area contributed by atoms with Gasteiger partial charge >= 0.3 is 0 Å². The molecule has 1 unspecified atom stereocenters. The van der Waals surface area contributed by atoms with Gasteiger partial charge in [0.05, 0.1) is 12.6 Å². The van der Waals surface area contributed by atoms with Gasteiger partial charge in [0.2, 0.25) is 5.91 Å². The van der Waals surface area contributed by atoms with Gasteiger partial charge in [-0.25, -0.2) is 0 Å². The molecule has 24 heavy (non-hydrogen) atoms. The average molecular weight is 334 g/mol. The number of benzene rings is 1. The van der Waals surface area contributed by atoms with Gasteiger partial charge in [0, 0.05) is 31.8 Å². The number of carbonyl (C=O) groups excluding carboxylic acids is 1. The molecule has 1 saturated heterocycles. The topological polar surface area (TPSA) is 61.8 Å². The van der Waals surface area contributed by atoms with Crippen molar-refractivity contribution in [2.45, 2.75) is 51.7 Å². The van der Waals surface area contributed by atoms with E-state index in [2.05, 4.69) is 17.1 Å². The summed E-state index contributed by atoms with van der Waals surface area (Å²) in [5, 5.41) is 13.0. The van der Waals surface area contributed by atoms with Crippen molar-refractivity contribution >= 4 is 5.91 Å². The molecule has 1 atom stereocenters. The fraction of sp³-hybridized carbons (Fsp3) is 0.632. The monoisotopic (exact) mass is 334 g/mol. The first-order valence-electron chi connectivity index (χ1n) is 9.06. The Kier molecular flexibility index (Phi) is 8.05. The van der Waals surface area contributed by atoms with Gasteiger partial charge in [-0.15, -0.1) is 0 Å². The van der Waals surface area contributed by atoms with Crippen molar-refractivity contribution in [3.8, 4) is 5.75 Å². The second-order valence-corrected chi connectivity index (χ2v) is 6.49. The number of hydrogen-bond acceptors (Lipinski definition) is 4. The summed E-state index contributed by atoms with van der Waals surface area (Å²) in [4.78, 5) is 14.3. The standard InChI is InChI=1S/C19H30N2O3/c1-2-3-6-11-20-19(23)15-21(14-17-9-7-12-24-17)13-16-8-4-5-10-18(16)22/h4-5,8,10,17,22H,2-3,6-7,9,11-15H2,1H3,(H,20,23). The zero-order chi connectivity index (χ0) is 17.2. The SMILES string of the molecule is CCCCCNC(=O)CN(Cc1ccccc1O)CC1CCCO1. The predicted molar refractivity (Wildman–Crippen MR) is 94.9 cm³/mol. The molecule has 5 heteroatoms. The van der Waals surface area contributed by atoms with Crippen LogP contribution in [0.4, 0.5) is 0 Å². The highest BCUT2D eigenvalue weighted by Crippen LogP contribution is 2.20. The Morgan fingerprint density at radius 1 is 1.38 bits per heavy atom. The van der Waals surface area contributed by atoms with Crippen molar-refractivity contribution in [1.82, 2.24) is 10.2 Å². The molecule has 2 rings (SSSR count). The van der Waals surface area contributed by atoms with Crippen LogP contribution in [0.3, 0.4) is 0 Å². The lowest BCUT2D eigenvalue weighted by atomic mass is 10.1.